The van der Waals surface area contributed by atoms with Crippen molar-refractivity contribution < 1.29 is 18.4 Å². The van der Waals surface area contributed by atoms with E-state index in [9.17, 15) is 14.0 Å². The predicted molar refractivity (Wildman–Crippen MR) is 92.2 cm³/mol. The lowest BCUT2D eigenvalue weighted by Gasteiger charge is -2.22. The number of rotatable bonds is 4. The number of hydrogen-bond acceptors (Lipinski definition) is 3. The molecule has 1 aliphatic rings. The van der Waals surface area contributed by atoms with E-state index in [0.717, 1.165) is 12.0 Å². The molecule has 0 radical (unpaired) electrons. The minimum Gasteiger partial charge on any atom is -0.455 e. The van der Waals surface area contributed by atoms with Crippen molar-refractivity contribution in [2.45, 2.75) is 46.1 Å². The number of carbonyl (C=O) groups is 2. The topological polar surface area (TPSA) is 59.3 Å². The Morgan fingerprint density at radius 3 is 2.48 bits per heavy atom. The zero-order valence-electron chi connectivity index (χ0n) is 14.7. The average Bonchev–Trinajstić information content (AvgIpc) is 2.91. The highest BCUT2D eigenvalue weighted by molar-refractivity contribution is 6.03. The third kappa shape index (κ3) is 3.36. The number of fused-ring (bicyclic) bond motifs is 1. The van der Waals surface area contributed by atoms with Crippen molar-refractivity contribution in [3.05, 3.63) is 58.3 Å². The van der Waals surface area contributed by atoms with Crippen molar-refractivity contribution >= 4 is 11.7 Å². The molecule has 25 heavy (non-hydrogen) atoms. The van der Waals surface area contributed by atoms with Crippen LogP contribution in [0.5, 0.6) is 0 Å². The summed E-state index contributed by atoms with van der Waals surface area (Å²) in [6, 6.07) is 5.83. The molecule has 1 aromatic heterocycles. The molecule has 1 unspecified atom stereocenters. The summed E-state index contributed by atoms with van der Waals surface area (Å²) in [5.41, 5.74) is 2.01. The van der Waals surface area contributed by atoms with Crippen LogP contribution >= 0.6 is 0 Å². The highest BCUT2D eigenvalue weighted by Gasteiger charge is 2.30. The van der Waals surface area contributed by atoms with Crippen LogP contribution in [0.2, 0.25) is 0 Å². The number of aryl methyl sites for hydroxylation is 1. The van der Waals surface area contributed by atoms with Gasteiger partial charge in [0.25, 0.3) is 5.91 Å². The second-order valence-corrected chi connectivity index (χ2v) is 6.88. The van der Waals surface area contributed by atoms with E-state index in [1.807, 2.05) is 13.8 Å². The molecule has 0 saturated carbocycles. The van der Waals surface area contributed by atoms with Crippen LogP contribution in [-0.4, -0.2) is 11.7 Å². The molecule has 5 heteroatoms. The monoisotopic (exact) mass is 343 g/mol. The maximum Gasteiger partial charge on any atom is 0.287 e. The van der Waals surface area contributed by atoms with Gasteiger partial charge in [0.1, 0.15) is 11.6 Å². The van der Waals surface area contributed by atoms with Crippen LogP contribution in [0.15, 0.2) is 28.7 Å². The Labute approximate surface area is 146 Å². The van der Waals surface area contributed by atoms with E-state index in [0.29, 0.717) is 29.7 Å². The normalized spacial score (nSPS) is 15.2. The number of amides is 1. The van der Waals surface area contributed by atoms with Crippen molar-refractivity contribution in [1.29, 1.82) is 0 Å². The van der Waals surface area contributed by atoms with Crippen LogP contribution in [0.4, 0.5) is 4.39 Å². The van der Waals surface area contributed by atoms with Crippen LogP contribution in [0, 0.1) is 18.7 Å². The zero-order chi connectivity index (χ0) is 18.1. The van der Waals surface area contributed by atoms with Crippen LogP contribution in [0.3, 0.4) is 0 Å². The molecule has 1 N–H and O–H groups in total. The number of benzene rings is 1. The molecule has 4 nitrogen and oxygen atoms in total. The summed E-state index contributed by atoms with van der Waals surface area (Å²) in [4.78, 5) is 24.9. The average molecular weight is 343 g/mol. The minimum atomic E-state index is -0.345. The van der Waals surface area contributed by atoms with E-state index >= 15 is 0 Å². The number of nitrogens with one attached hydrogen (secondary N) is 1. The van der Waals surface area contributed by atoms with Gasteiger partial charge in [-0.1, -0.05) is 26.0 Å². The Bertz CT molecular complexity index is 805. The van der Waals surface area contributed by atoms with Crippen LogP contribution < -0.4 is 5.32 Å². The fraction of sp³-hybridized carbons (Fsp3) is 0.400. The summed E-state index contributed by atoms with van der Waals surface area (Å²) in [7, 11) is 0. The number of carbonyl (C=O) groups excluding carboxylic acids is 2. The molecule has 132 valence electrons. The first-order valence-corrected chi connectivity index (χ1v) is 8.60. The molecule has 1 aliphatic carbocycles. The van der Waals surface area contributed by atoms with Crippen molar-refractivity contribution in [1.82, 2.24) is 5.32 Å². The van der Waals surface area contributed by atoms with Gasteiger partial charge in [-0.25, -0.2) is 4.39 Å². The van der Waals surface area contributed by atoms with Crippen molar-refractivity contribution in [2.24, 2.45) is 5.92 Å². The minimum absolute atomic E-state index is 0.0421. The van der Waals surface area contributed by atoms with E-state index < -0.39 is 0 Å². The molecule has 1 atom stereocenters. The van der Waals surface area contributed by atoms with Gasteiger partial charge in [-0.2, -0.15) is 0 Å². The molecular weight excluding hydrogens is 321 g/mol. The largest absolute Gasteiger partial charge is 0.455 e. The van der Waals surface area contributed by atoms with E-state index in [-0.39, 0.29) is 35.2 Å². The first-order chi connectivity index (χ1) is 11.9. The second-order valence-electron chi connectivity index (χ2n) is 6.88. The quantitative estimate of drug-likeness (QED) is 0.896. The standard InChI is InChI=1S/C20H22FNO3/c1-11(2)18(13-7-9-14(21)10-8-13)22-20(24)19-12(3)17-15(23)5-4-6-16(17)25-19/h7-11,18H,4-6H2,1-3H3,(H,22,24). The van der Waals surface area contributed by atoms with Crippen molar-refractivity contribution in [3.8, 4) is 0 Å². The van der Waals surface area contributed by atoms with Gasteiger partial charge in [0.15, 0.2) is 11.5 Å². The summed E-state index contributed by atoms with van der Waals surface area (Å²) in [5.74, 6) is 0.310. The third-order valence-electron chi connectivity index (χ3n) is 4.69. The zero-order valence-corrected chi connectivity index (χ0v) is 14.7. The number of Topliss-reactive ketones (excluding diaryl/α,β-unsaturated/α-hetero) is 1. The van der Waals surface area contributed by atoms with Gasteiger partial charge in [0.05, 0.1) is 11.6 Å². The number of ketones is 1. The fourth-order valence-electron chi connectivity index (χ4n) is 3.38. The van der Waals surface area contributed by atoms with Gasteiger partial charge < -0.3 is 9.73 Å². The lowest BCUT2D eigenvalue weighted by Crippen LogP contribution is -2.32. The summed E-state index contributed by atoms with van der Waals surface area (Å²) in [6.45, 7) is 5.72. The lowest BCUT2D eigenvalue weighted by atomic mass is 9.93. The summed E-state index contributed by atoms with van der Waals surface area (Å²) >= 11 is 0. The Morgan fingerprint density at radius 2 is 1.88 bits per heavy atom. The highest BCUT2D eigenvalue weighted by Crippen LogP contribution is 2.30. The fourth-order valence-corrected chi connectivity index (χ4v) is 3.38. The summed E-state index contributed by atoms with van der Waals surface area (Å²) < 4.78 is 18.9. The van der Waals surface area contributed by atoms with Gasteiger partial charge in [-0.3, -0.25) is 9.59 Å². The Morgan fingerprint density at radius 1 is 1.20 bits per heavy atom. The SMILES string of the molecule is Cc1c(C(=O)NC(c2ccc(F)cc2)C(C)C)oc2c1C(=O)CCC2. The second kappa shape index (κ2) is 6.82. The molecule has 1 heterocycles. The van der Waals surface area contributed by atoms with Gasteiger partial charge in [0, 0.05) is 18.4 Å². The molecule has 1 amide bonds. The lowest BCUT2D eigenvalue weighted by molar-refractivity contribution is 0.0892. The Balaban J connectivity index is 1.87. The van der Waals surface area contributed by atoms with E-state index in [1.54, 1.807) is 19.1 Å². The molecule has 0 fully saturated rings. The summed E-state index contributed by atoms with van der Waals surface area (Å²) in [5, 5.41) is 2.97. The van der Waals surface area contributed by atoms with Gasteiger partial charge in [-0.15, -0.1) is 0 Å². The number of hydrogen-bond donors (Lipinski definition) is 1. The predicted octanol–water partition coefficient (Wildman–Crippen LogP) is 4.37. The maximum absolute atomic E-state index is 13.2. The molecular formula is C20H22FNO3. The first-order valence-electron chi connectivity index (χ1n) is 8.60. The maximum atomic E-state index is 13.2. The molecule has 0 bridgehead atoms. The highest BCUT2D eigenvalue weighted by atomic mass is 19.1. The van der Waals surface area contributed by atoms with Gasteiger partial charge in [0.2, 0.25) is 0 Å². The van der Waals surface area contributed by atoms with E-state index in [1.165, 1.54) is 12.1 Å². The van der Waals surface area contributed by atoms with Gasteiger partial charge in [-0.05, 0) is 37.0 Å². The van der Waals surface area contributed by atoms with Gasteiger partial charge >= 0.3 is 0 Å². The van der Waals surface area contributed by atoms with E-state index in [4.69, 9.17) is 4.42 Å². The summed E-state index contributed by atoms with van der Waals surface area (Å²) in [6.07, 6.45) is 1.93. The molecule has 2 aromatic rings. The van der Waals surface area contributed by atoms with Crippen LogP contribution in [0.25, 0.3) is 0 Å². The Hall–Kier alpha value is -2.43. The first kappa shape index (κ1) is 17.4. The van der Waals surface area contributed by atoms with Crippen LogP contribution in [0.1, 0.15) is 70.5 Å². The number of furan rings is 1. The molecule has 3 rings (SSSR count). The van der Waals surface area contributed by atoms with Crippen molar-refractivity contribution in [2.75, 3.05) is 0 Å². The molecule has 1 aromatic carbocycles. The number of halogens is 1. The molecule has 0 spiro atoms. The smallest absolute Gasteiger partial charge is 0.287 e. The Kier molecular flexibility index (Phi) is 4.75. The molecule has 0 aliphatic heterocycles. The third-order valence-corrected chi connectivity index (χ3v) is 4.69. The van der Waals surface area contributed by atoms with Crippen molar-refractivity contribution in [3.63, 3.8) is 0 Å². The molecule has 0 saturated heterocycles. The van der Waals surface area contributed by atoms with Crippen LogP contribution in [-0.2, 0) is 6.42 Å². The van der Waals surface area contributed by atoms with E-state index in [2.05, 4.69) is 5.32 Å².